The highest BCUT2D eigenvalue weighted by Gasteiger charge is 2.20. The first-order chi connectivity index (χ1) is 19.3. The molecule has 0 spiro atoms. The van der Waals surface area contributed by atoms with E-state index in [0.717, 1.165) is 70.6 Å². The summed E-state index contributed by atoms with van der Waals surface area (Å²) >= 11 is 1.55. The van der Waals surface area contributed by atoms with Crippen LogP contribution in [-0.2, 0) is 23.1 Å². The number of pyridine rings is 1. The number of ketones is 1. The molecule has 0 saturated carbocycles. The molecule has 1 N–H and O–H groups in total. The van der Waals surface area contributed by atoms with Gasteiger partial charge in [0.1, 0.15) is 23.0 Å². The summed E-state index contributed by atoms with van der Waals surface area (Å²) in [6.45, 7) is 11.9. The summed E-state index contributed by atoms with van der Waals surface area (Å²) in [5.74, 6) is 1.55. The third-order valence-electron chi connectivity index (χ3n) is 7.13. The molecule has 0 bridgehead atoms. The van der Waals surface area contributed by atoms with E-state index in [0.29, 0.717) is 24.6 Å². The zero-order valence-corrected chi connectivity index (χ0v) is 24.0. The lowest BCUT2D eigenvalue weighted by Crippen LogP contribution is -2.44. The lowest BCUT2D eigenvalue weighted by Gasteiger charge is -2.26. The zero-order valence-electron chi connectivity index (χ0n) is 23.1. The average Bonchev–Trinajstić information content (AvgIpc) is 3.64. The fraction of sp³-hybridized carbons (Fsp3) is 0.400. The fourth-order valence-electron chi connectivity index (χ4n) is 4.84. The van der Waals surface area contributed by atoms with Crippen LogP contribution in [0.1, 0.15) is 37.8 Å². The Labute approximate surface area is 237 Å². The van der Waals surface area contributed by atoms with E-state index in [1.807, 2.05) is 48.7 Å². The summed E-state index contributed by atoms with van der Waals surface area (Å²) in [6, 6.07) is 13.9. The fourth-order valence-corrected chi connectivity index (χ4v) is 5.81. The van der Waals surface area contributed by atoms with Gasteiger partial charge >= 0.3 is 0 Å². The molecule has 208 valence electrons. The van der Waals surface area contributed by atoms with E-state index in [9.17, 15) is 4.79 Å². The molecule has 5 heterocycles. The second-order valence-corrected chi connectivity index (χ2v) is 12.3. The monoisotopic (exact) mass is 558 g/mol. The van der Waals surface area contributed by atoms with Crippen LogP contribution in [0.25, 0.3) is 26.6 Å². The number of hydrogen-bond donors (Lipinski definition) is 1. The number of Topliss-reactive ketones (excluding diaryl/α,β-unsaturated/α-hetero) is 1. The quantitative estimate of drug-likeness (QED) is 0.282. The van der Waals surface area contributed by atoms with Gasteiger partial charge in [-0.1, -0.05) is 61.5 Å². The Morgan fingerprint density at radius 3 is 2.62 bits per heavy atom. The number of hydrogen-bond acceptors (Lipinski definition) is 9. The van der Waals surface area contributed by atoms with Crippen LogP contribution < -0.4 is 10.1 Å². The maximum atomic E-state index is 12.6. The minimum absolute atomic E-state index is 0.107. The van der Waals surface area contributed by atoms with Gasteiger partial charge in [-0.15, -0.1) is 0 Å². The van der Waals surface area contributed by atoms with Gasteiger partial charge in [-0.05, 0) is 11.6 Å². The Kier molecular flexibility index (Phi) is 7.39. The van der Waals surface area contributed by atoms with Crippen LogP contribution in [0.2, 0.25) is 0 Å². The molecule has 0 unspecified atom stereocenters. The normalized spacial score (nSPS) is 14.8. The van der Waals surface area contributed by atoms with Gasteiger partial charge in [0.05, 0.1) is 23.3 Å². The van der Waals surface area contributed by atoms with Crippen molar-refractivity contribution in [2.24, 2.45) is 0 Å². The molecule has 1 fully saturated rings. The first-order valence-electron chi connectivity index (χ1n) is 13.7. The molecular weight excluding hydrogens is 524 g/mol. The number of carbonyl (C=O) groups excluding carboxylic acids is 1. The number of rotatable bonds is 9. The van der Waals surface area contributed by atoms with Crippen LogP contribution in [0.5, 0.6) is 5.88 Å². The first kappa shape index (κ1) is 26.6. The molecule has 5 aromatic rings. The summed E-state index contributed by atoms with van der Waals surface area (Å²) in [5.41, 5.74) is 4.43. The molecular formula is C30H34N6O3S. The van der Waals surface area contributed by atoms with Crippen LogP contribution in [-0.4, -0.2) is 69.5 Å². The van der Waals surface area contributed by atoms with Crippen molar-refractivity contribution in [3.05, 3.63) is 65.7 Å². The average molecular weight is 559 g/mol. The third kappa shape index (κ3) is 5.94. The van der Waals surface area contributed by atoms with Crippen molar-refractivity contribution < 1.29 is 14.1 Å². The molecule has 1 aromatic carbocycles. The lowest BCUT2D eigenvalue weighted by molar-refractivity contribution is -0.117. The molecule has 9 nitrogen and oxygen atoms in total. The Balaban J connectivity index is 1.08. The van der Waals surface area contributed by atoms with E-state index >= 15 is 0 Å². The Morgan fingerprint density at radius 1 is 1.07 bits per heavy atom. The van der Waals surface area contributed by atoms with Crippen LogP contribution >= 0.6 is 11.3 Å². The first-order valence-corrected chi connectivity index (χ1v) is 14.5. The van der Waals surface area contributed by atoms with Crippen molar-refractivity contribution in [2.75, 3.05) is 39.3 Å². The largest absolute Gasteiger partial charge is 0.476 e. The van der Waals surface area contributed by atoms with Gasteiger partial charge in [-0.25, -0.2) is 9.97 Å². The highest BCUT2D eigenvalue weighted by molar-refractivity contribution is 7.23. The van der Waals surface area contributed by atoms with Crippen LogP contribution in [0.3, 0.4) is 0 Å². The molecule has 1 saturated heterocycles. The molecule has 4 aromatic heterocycles. The number of thiazole rings is 1. The molecule has 0 radical (unpaired) electrons. The SMILES string of the molecule is CC(C)(C)c1cc(CC(=O)Cc2ccc(-c3cn4c(n3)sc3nc(OCCN5CCNCC5)ccc34)cc2)no1. The molecule has 0 atom stereocenters. The minimum atomic E-state index is -0.128. The minimum Gasteiger partial charge on any atom is -0.476 e. The smallest absolute Gasteiger partial charge is 0.214 e. The van der Waals surface area contributed by atoms with E-state index in [1.165, 1.54) is 0 Å². The topological polar surface area (TPSA) is 97.8 Å². The number of nitrogens with one attached hydrogen (secondary N) is 1. The molecule has 0 aliphatic carbocycles. The maximum Gasteiger partial charge on any atom is 0.214 e. The Bertz CT molecular complexity index is 1620. The van der Waals surface area contributed by atoms with Gasteiger partial charge in [0, 0.05) is 68.5 Å². The van der Waals surface area contributed by atoms with Crippen LogP contribution in [0.4, 0.5) is 0 Å². The van der Waals surface area contributed by atoms with Crippen LogP contribution in [0, 0.1) is 0 Å². The van der Waals surface area contributed by atoms with E-state index in [2.05, 4.69) is 40.5 Å². The van der Waals surface area contributed by atoms with Gasteiger partial charge in [0.25, 0.3) is 0 Å². The standard InChI is InChI=1S/C30H34N6O3S/c1-30(2,3)26-18-22(34-39-26)17-23(37)16-20-4-6-21(7-5-20)24-19-36-25-8-9-27(33-28(25)40-29(36)32-24)38-15-14-35-12-10-31-11-13-35/h4-9,18-19,31H,10-17H2,1-3H3. The summed E-state index contributed by atoms with van der Waals surface area (Å²) in [4.78, 5) is 26.4. The van der Waals surface area contributed by atoms with Gasteiger partial charge < -0.3 is 14.6 Å². The molecule has 6 rings (SSSR count). The highest BCUT2D eigenvalue weighted by atomic mass is 32.1. The molecule has 40 heavy (non-hydrogen) atoms. The van der Waals surface area contributed by atoms with Crippen molar-refractivity contribution in [2.45, 2.75) is 39.0 Å². The van der Waals surface area contributed by atoms with Crippen molar-refractivity contribution in [3.63, 3.8) is 0 Å². The number of benzene rings is 1. The van der Waals surface area contributed by atoms with Crippen molar-refractivity contribution in [3.8, 4) is 17.1 Å². The molecule has 1 aliphatic heterocycles. The summed E-state index contributed by atoms with van der Waals surface area (Å²) in [5, 5.41) is 7.44. The number of imidazole rings is 1. The summed E-state index contributed by atoms with van der Waals surface area (Å²) < 4.78 is 13.4. The van der Waals surface area contributed by atoms with Crippen LogP contribution in [0.15, 0.2) is 53.2 Å². The number of ether oxygens (including phenoxy) is 1. The summed E-state index contributed by atoms with van der Waals surface area (Å²) in [6.07, 6.45) is 2.66. The predicted molar refractivity (Wildman–Crippen MR) is 156 cm³/mol. The number of piperazine rings is 1. The van der Waals surface area contributed by atoms with E-state index < -0.39 is 0 Å². The zero-order chi connectivity index (χ0) is 27.7. The lowest BCUT2D eigenvalue weighted by atomic mass is 9.93. The Hall–Kier alpha value is -3.60. The number of carbonyl (C=O) groups is 1. The summed E-state index contributed by atoms with van der Waals surface area (Å²) in [7, 11) is 0. The van der Waals surface area contributed by atoms with Crippen molar-refractivity contribution in [1.82, 2.24) is 29.7 Å². The Morgan fingerprint density at radius 2 is 1.88 bits per heavy atom. The third-order valence-corrected chi connectivity index (χ3v) is 8.09. The second-order valence-electron chi connectivity index (χ2n) is 11.3. The van der Waals surface area contributed by atoms with Gasteiger partial charge in [-0.2, -0.15) is 0 Å². The number of nitrogens with zero attached hydrogens (tertiary/aromatic N) is 5. The number of aromatic nitrogens is 4. The number of fused-ring (bicyclic) bond motifs is 3. The van der Waals surface area contributed by atoms with E-state index in [1.54, 1.807) is 11.3 Å². The van der Waals surface area contributed by atoms with Crippen molar-refractivity contribution >= 4 is 32.4 Å². The maximum absolute atomic E-state index is 12.6. The molecule has 1 aliphatic rings. The molecule has 0 amide bonds. The highest BCUT2D eigenvalue weighted by Crippen LogP contribution is 2.30. The van der Waals surface area contributed by atoms with Crippen molar-refractivity contribution in [1.29, 1.82) is 0 Å². The van der Waals surface area contributed by atoms with E-state index in [-0.39, 0.29) is 17.6 Å². The molecule has 10 heteroatoms. The van der Waals surface area contributed by atoms with Gasteiger partial charge in [0.15, 0.2) is 4.96 Å². The predicted octanol–water partition coefficient (Wildman–Crippen LogP) is 4.53. The van der Waals surface area contributed by atoms with Gasteiger partial charge in [0.2, 0.25) is 5.88 Å². The second kappa shape index (κ2) is 11.1. The van der Waals surface area contributed by atoms with E-state index in [4.69, 9.17) is 19.2 Å². The van der Waals surface area contributed by atoms with Gasteiger partial charge in [-0.3, -0.25) is 14.1 Å².